The molecule has 0 aromatic heterocycles. The van der Waals surface area contributed by atoms with Gasteiger partial charge in [-0.2, -0.15) is 0 Å². The van der Waals surface area contributed by atoms with E-state index in [9.17, 15) is 43.2 Å². The molecule has 3 N–H and O–H groups in total. The molecule has 98 heavy (non-hydrogen) atoms. The number of hydrogen-bond acceptors (Lipinski definition) is 15. The predicted octanol–water partition coefficient (Wildman–Crippen LogP) is 23.5. The summed E-state index contributed by atoms with van der Waals surface area (Å²) in [6, 6.07) is 0. The van der Waals surface area contributed by atoms with E-state index < -0.39 is 97.5 Å². The minimum absolute atomic E-state index is 0.108. The zero-order valence-electron chi connectivity index (χ0n) is 64.1. The number of esters is 4. The van der Waals surface area contributed by atoms with Crippen molar-refractivity contribution >= 4 is 39.5 Å². The van der Waals surface area contributed by atoms with Gasteiger partial charge < -0.3 is 33.8 Å². The zero-order valence-corrected chi connectivity index (χ0v) is 65.9. The van der Waals surface area contributed by atoms with Gasteiger partial charge in [0.1, 0.15) is 19.3 Å². The molecule has 0 radical (unpaired) electrons. The van der Waals surface area contributed by atoms with Crippen molar-refractivity contribution in [1.29, 1.82) is 0 Å². The average molecular weight is 1440 g/mol. The summed E-state index contributed by atoms with van der Waals surface area (Å²) in [4.78, 5) is 73.0. The second-order valence-electron chi connectivity index (χ2n) is 29.2. The first-order chi connectivity index (χ1) is 47.4. The Morgan fingerprint density at radius 2 is 0.520 bits per heavy atom. The van der Waals surface area contributed by atoms with Crippen LogP contribution in [0.2, 0.25) is 0 Å². The van der Waals surface area contributed by atoms with Gasteiger partial charge in [-0.3, -0.25) is 37.3 Å². The summed E-state index contributed by atoms with van der Waals surface area (Å²) in [5.41, 5.74) is 0. The molecule has 19 heteroatoms. The van der Waals surface area contributed by atoms with Crippen molar-refractivity contribution in [2.75, 3.05) is 39.6 Å². The van der Waals surface area contributed by atoms with Crippen molar-refractivity contribution in [3.05, 3.63) is 0 Å². The van der Waals surface area contributed by atoms with Crippen molar-refractivity contribution in [2.45, 2.75) is 432 Å². The molecule has 3 unspecified atom stereocenters. The highest BCUT2D eigenvalue weighted by Crippen LogP contribution is 2.45. The lowest BCUT2D eigenvalue weighted by atomic mass is 9.99. The van der Waals surface area contributed by atoms with Gasteiger partial charge in [0.25, 0.3) is 0 Å². The number of rotatable bonds is 78. The second kappa shape index (κ2) is 70.7. The van der Waals surface area contributed by atoms with Crippen LogP contribution >= 0.6 is 15.6 Å². The maximum absolute atomic E-state index is 13.1. The van der Waals surface area contributed by atoms with Crippen molar-refractivity contribution in [3.8, 4) is 0 Å². The van der Waals surface area contributed by atoms with Crippen LogP contribution in [0.25, 0.3) is 0 Å². The van der Waals surface area contributed by atoms with Crippen LogP contribution in [-0.4, -0.2) is 96.7 Å². The van der Waals surface area contributed by atoms with Crippen LogP contribution in [-0.2, 0) is 65.4 Å². The van der Waals surface area contributed by atoms with E-state index in [-0.39, 0.29) is 25.7 Å². The van der Waals surface area contributed by atoms with Crippen LogP contribution < -0.4 is 0 Å². The summed E-state index contributed by atoms with van der Waals surface area (Å²) in [6.07, 6.45) is 59.4. The number of unbranched alkanes of at least 4 members (excludes halogenated alkanes) is 47. The SMILES string of the molecule is CCCCCCCCCCCCCCCC(=O)O[C@H](COC(=O)CCCCCCCCCCCCCC)COP(=O)(O)OC[C@H](O)COP(=O)(O)OC[C@@H](COC(=O)CCCCCCCCCCCCCCC(C)C)OC(=O)CCCCCCCCCCCCCCCCC(C)CC. The molecule has 0 amide bonds. The fourth-order valence-corrected chi connectivity index (χ4v) is 13.7. The van der Waals surface area contributed by atoms with Crippen molar-refractivity contribution in [2.24, 2.45) is 11.8 Å². The molecule has 6 atom stereocenters. The molecular weight excluding hydrogens is 1280 g/mol. The summed E-state index contributed by atoms with van der Waals surface area (Å²) in [5.74, 6) is -0.480. The minimum atomic E-state index is -4.96. The van der Waals surface area contributed by atoms with E-state index in [1.54, 1.807) is 0 Å². The molecule has 17 nitrogen and oxygen atoms in total. The molecule has 0 spiro atoms. The third-order valence-electron chi connectivity index (χ3n) is 18.8. The van der Waals surface area contributed by atoms with Gasteiger partial charge in [-0.05, 0) is 37.5 Å². The molecule has 0 fully saturated rings. The summed E-state index contributed by atoms with van der Waals surface area (Å²) in [5, 5.41) is 10.6. The van der Waals surface area contributed by atoms with Gasteiger partial charge in [-0.25, -0.2) is 9.13 Å². The van der Waals surface area contributed by atoms with Crippen LogP contribution in [0.3, 0.4) is 0 Å². The average Bonchev–Trinajstić information content (AvgIpc) is 0.943. The summed E-state index contributed by atoms with van der Waals surface area (Å²) in [7, 11) is -9.92. The molecule has 0 rings (SSSR count). The third-order valence-corrected chi connectivity index (χ3v) is 20.7. The van der Waals surface area contributed by atoms with E-state index in [0.717, 1.165) is 102 Å². The Bertz CT molecular complexity index is 1890. The molecule has 0 aromatic rings. The maximum atomic E-state index is 13.1. The zero-order chi connectivity index (χ0) is 72.1. The van der Waals surface area contributed by atoms with Crippen LogP contribution in [0.5, 0.6) is 0 Å². The van der Waals surface area contributed by atoms with Gasteiger partial charge in [-0.1, -0.05) is 363 Å². The molecule has 582 valence electrons. The molecule has 0 aromatic carbocycles. The van der Waals surface area contributed by atoms with Crippen LogP contribution in [0.4, 0.5) is 0 Å². The van der Waals surface area contributed by atoms with Gasteiger partial charge in [-0.15, -0.1) is 0 Å². The fraction of sp³-hybridized carbons (Fsp3) is 0.949. The maximum Gasteiger partial charge on any atom is 0.472 e. The fourth-order valence-electron chi connectivity index (χ4n) is 12.2. The number of ether oxygens (including phenoxy) is 4. The Kier molecular flexibility index (Phi) is 69.3. The first-order valence-corrected chi connectivity index (χ1v) is 44.0. The van der Waals surface area contributed by atoms with E-state index in [1.165, 1.54) is 231 Å². The number of phosphoric ester groups is 2. The van der Waals surface area contributed by atoms with Crippen molar-refractivity contribution in [1.82, 2.24) is 0 Å². The summed E-state index contributed by atoms with van der Waals surface area (Å²) < 4.78 is 68.7. The minimum Gasteiger partial charge on any atom is -0.462 e. The van der Waals surface area contributed by atoms with Crippen molar-refractivity contribution < 1.29 is 80.2 Å². The normalized spacial score (nSPS) is 14.2. The molecule has 0 saturated heterocycles. The second-order valence-corrected chi connectivity index (χ2v) is 32.1. The van der Waals surface area contributed by atoms with Gasteiger partial charge in [0, 0.05) is 25.7 Å². The van der Waals surface area contributed by atoms with Gasteiger partial charge in [0.15, 0.2) is 12.2 Å². The van der Waals surface area contributed by atoms with Crippen LogP contribution in [0.15, 0.2) is 0 Å². The molecule has 0 heterocycles. The smallest absolute Gasteiger partial charge is 0.462 e. The number of carbonyl (C=O) groups excluding carboxylic acids is 4. The Morgan fingerprint density at radius 1 is 0.296 bits per heavy atom. The highest BCUT2D eigenvalue weighted by atomic mass is 31.2. The largest absolute Gasteiger partial charge is 0.472 e. The lowest BCUT2D eigenvalue weighted by Crippen LogP contribution is -2.30. The Labute approximate surface area is 600 Å². The molecular formula is C79H154O17P2. The lowest BCUT2D eigenvalue weighted by molar-refractivity contribution is -0.161. The molecule has 0 saturated carbocycles. The van der Waals surface area contributed by atoms with E-state index in [1.807, 2.05) is 0 Å². The monoisotopic (exact) mass is 1440 g/mol. The number of aliphatic hydroxyl groups is 1. The lowest BCUT2D eigenvalue weighted by Gasteiger charge is -2.21. The number of hydrogen-bond donors (Lipinski definition) is 3. The van der Waals surface area contributed by atoms with E-state index >= 15 is 0 Å². The third kappa shape index (κ3) is 71.1. The first kappa shape index (κ1) is 96.1. The predicted molar refractivity (Wildman–Crippen MR) is 400 cm³/mol. The number of aliphatic hydroxyl groups excluding tert-OH is 1. The highest BCUT2D eigenvalue weighted by Gasteiger charge is 2.30. The highest BCUT2D eigenvalue weighted by molar-refractivity contribution is 7.47. The quantitative estimate of drug-likeness (QED) is 0.0222. The molecule has 0 aliphatic heterocycles. The summed E-state index contributed by atoms with van der Waals surface area (Å²) in [6.45, 7) is 9.69. The Morgan fingerprint density at radius 3 is 0.776 bits per heavy atom. The standard InChI is InChI=1S/C79H154O17P2/c1-7-10-12-14-16-18-20-24-33-39-45-51-57-63-78(83)95-74(67-89-76(81)61-55-49-43-37-31-21-19-17-15-13-11-8-2)69-93-97(85,86)91-65-73(80)66-92-98(87,88)94-70-75(68-90-77(82)62-56-50-44-38-32-28-27-29-35-41-47-53-59-71(4)5)96-79(84)64-58-52-46-40-34-26-23-22-25-30-36-42-48-54-60-72(6)9-3/h71-75,80H,7-70H2,1-6H3,(H,85,86)(H,87,88)/t72?,73-,74+,75+/m0/s1. The van der Waals surface area contributed by atoms with Crippen LogP contribution in [0, 0.1) is 11.8 Å². The Balaban J connectivity index is 5.26. The molecule has 0 bridgehead atoms. The number of carbonyl (C=O) groups is 4. The van der Waals surface area contributed by atoms with Gasteiger partial charge >= 0.3 is 39.5 Å². The van der Waals surface area contributed by atoms with Gasteiger partial charge in [0.05, 0.1) is 26.4 Å². The van der Waals surface area contributed by atoms with Crippen molar-refractivity contribution in [3.63, 3.8) is 0 Å². The van der Waals surface area contributed by atoms with Crippen LogP contribution in [0.1, 0.15) is 414 Å². The number of phosphoric acid groups is 2. The topological polar surface area (TPSA) is 237 Å². The van der Waals surface area contributed by atoms with E-state index in [2.05, 4.69) is 41.5 Å². The van der Waals surface area contributed by atoms with E-state index in [4.69, 9.17) is 37.0 Å². The molecule has 0 aliphatic rings. The first-order valence-electron chi connectivity index (χ1n) is 41.0. The Hall–Kier alpha value is -1.94. The van der Waals surface area contributed by atoms with E-state index in [0.29, 0.717) is 25.7 Å². The summed E-state index contributed by atoms with van der Waals surface area (Å²) >= 11 is 0. The van der Waals surface area contributed by atoms with Gasteiger partial charge in [0.2, 0.25) is 0 Å². The molecule has 0 aliphatic carbocycles.